The van der Waals surface area contributed by atoms with Crippen molar-refractivity contribution in [1.82, 2.24) is 9.62 Å². The maximum Gasteiger partial charge on any atom is 0.243 e. The number of benzene rings is 1. The number of aryl methyl sites for hydroxylation is 1. The van der Waals surface area contributed by atoms with Crippen LogP contribution in [0.3, 0.4) is 0 Å². The lowest BCUT2D eigenvalue weighted by Gasteiger charge is -2.33. The van der Waals surface area contributed by atoms with Gasteiger partial charge in [-0.15, -0.1) is 0 Å². The Bertz CT molecular complexity index is 703. The highest BCUT2D eigenvalue weighted by atomic mass is 32.2. The molecule has 25 heavy (non-hydrogen) atoms. The standard InChI is InChI=1S/C19H28N2O3S/c1-15-6-5-9-18(14-15)25(23,24)21-12-10-17(11-13-21)20-19(22)16-7-3-2-4-8-16/h5-6,9,14,16-17H,2-4,7-8,10-13H2,1H3,(H,20,22). The predicted octanol–water partition coefficient (Wildman–Crippen LogP) is 2.84. The van der Waals surface area contributed by atoms with Crippen LogP contribution in [0.5, 0.6) is 0 Å². The van der Waals surface area contributed by atoms with Gasteiger partial charge < -0.3 is 5.32 Å². The quantitative estimate of drug-likeness (QED) is 0.893. The molecule has 1 aromatic rings. The molecule has 1 amide bonds. The van der Waals surface area contributed by atoms with Gasteiger partial charge in [-0.3, -0.25) is 4.79 Å². The number of carbonyl (C=O) groups excluding carboxylic acids is 1. The summed E-state index contributed by atoms with van der Waals surface area (Å²) in [7, 11) is -3.44. The smallest absolute Gasteiger partial charge is 0.243 e. The number of nitrogens with one attached hydrogen (secondary N) is 1. The Hall–Kier alpha value is -1.40. The van der Waals surface area contributed by atoms with Crippen LogP contribution in [0.1, 0.15) is 50.5 Å². The monoisotopic (exact) mass is 364 g/mol. The fourth-order valence-electron chi connectivity index (χ4n) is 3.85. The van der Waals surface area contributed by atoms with E-state index in [9.17, 15) is 13.2 Å². The number of hydrogen-bond acceptors (Lipinski definition) is 3. The highest BCUT2D eigenvalue weighted by Crippen LogP contribution is 2.25. The maximum absolute atomic E-state index is 12.8. The topological polar surface area (TPSA) is 66.5 Å². The summed E-state index contributed by atoms with van der Waals surface area (Å²) < 4.78 is 27.1. The van der Waals surface area contributed by atoms with Crippen LogP contribution in [0, 0.1) is 12.8 Å². The SMILES string of the molecule is Cc1cccc(S(=O)(=O)N2CCC(NC(=O)C3CCCCC3)CC2)c1. The van der Waals surface area contributed by atoms with Crippen LogP contribution in [0.25, 0.3) is 0 Å². The van der Waals surface area contributed by atoms with E-state index in [4.69, 9.17) is 0 Å². The molecule has 1 aliphatic heterocycles. The molecule has 138 valence electrons. The van der Waals surface area contributed by atoms with Gasteiger partial charge >= 0.3 is 0 Å². The van der Waals surface area contributed by atoms with Gasteiger partial charge in [-0.05, 0) is 50.3 Å². The van der Waals surface area contributed by atoms with Crippen LogP contribution >= 0.6 is 0 Å². The molecular formula is C19H28N2O3S. The minimum Gasteiger partial charge on any atom is -0.353 e. The van der Waals surface area contributed by atoms with E-state index in [0.29, 0.717) is 30.8 Å². The number of piperidine rings is 1. The molecule has 0 aromatic heterocycles. The molecule has 0 radical (unpaired) electrons. The van der Waals surface area contributed by atoms with Crippen molar-refractivity contribution in [2.45, 2.75) is 62.8 Å². The average molecular weight is 365 g/mol. The van der Waals surface area contributed by atoms with E-state index in [2.05, 4.69) is 5.32 Å². The van der Waals surface area contributed by atoms with Crippen LogP contribution in [-0.2, 0) is 14.8 Å². The summed E-state index contributed by atoms with van der Waals surface area (Å²) in [4.78, 5) is 12.7. The summed E-state index contributed by atoms with van der Waals surface area (Å²) in [5, 5.41) is 3.15. The van der Waals surface area contributed by atoms with E-state index in [1.54, 1.807) is 22.5 Å². The lowest BCUT2D eigenvalue weighted by atomic mass is 9.88. The second kappa shape index (κ2) is 7.87. The fourth-order valence-corrected chi connectivity index (χ4v) is 5.42. The number of rotatable bonds is 4. The molecule has 5 nitrogen and oxygen atoms in total. The minimum atomic E-state index is -3.44. The van der Waals surface area contributed by atoms with Crippen molar-refractivity contribution in [3.63, 3.8) is 0 Å². The first-order chi connectivity index (χ1) is 12.0. The van der Waals surface area contributed by atoms with Gasteiger partial charge in [0.2, 0.25) is 15.9 Å². The van der Waals surface area contributed by atoms with E-state index < -0.39 is 10.0 Å². The van der Waals surface area contributed by atoms with Gasteiger partial charge in [-0.2, -0.15) is 4.31 Å². The molecule has 1 saturated carbocycles. The molecule has 6 heteroatoms. The molecular weight excluding hydrogens is 336 g/mol. The zero-order valence-electron chi connectivity index (χ0n) is 14.9. The van der Waals surface area contributed by atoms with E-state index in [1.807, 2.05) is 13.0 Å². The van der Waals surface area contributed by atoms with Gasteiger partial charge in [0.1, 0.15) is 0 Å². The van der Waals surface area contributed by atoms with Crippen molar-refractivity contribution in [1.29, 1.82) is 0 Å². The van der Waals surface area contributed by atoms with Crippen molar-refractivity contribution in [2.75, 3.05) is 13.1 Å². The van der Waals surface area contributed by atoms with Crippen LogP contribution in [0.2, 0.25) is 0 Å². The van der Waals surface area contributed by atoms with E-state index >= 15 is 0 Å². The fraction of sp³-hybridized carbons (Fsp3) is 0.632. The van der Waals surface area contributed by atoms with Crippen molar-refractivity contribution in [3.05, 3.63) is 29.8 Å². The van der Waals surface area contributed by atoms with Gasteiger partial charge in [-0.25, -0.2) is 8.42 Å². The summed E-state index contributed by atoms with van der Waals surface area (Å²) in [6.07, 6.45) is 6.88. The molecule has 1 aromatic carbocycles. The number of nitrogens with zero attached hydrogens (tertiary/aromatic N) is 1. The molecule has 2 fully saturated rings. The third kappa shape index (κ3) is 4.42. The molecule has 1 N–H and O–H groups in total. The molecule has 2 aliphatic rings. The summed E-state index contributed by atoms with van der Waals surface area (Å²) in [5.41, 5.74) is 0.940. The van der Waals surface area contributed by atoms with Crippen molar-refractivity contribution in [3.8, 4) is 0 Å². The molecule has 0 bridgehead atoms. The second-order valence-corrected chi connectivity index (χ2v) is 9.28. The van der Waals surface area contributed by atoms with Gasteiger partial charge in [0.15, 0.2) is 0 Å². The predicted molar refractivity (Wildman–Crippen MR) is 97.7 cm³/mol. The summed E-state index contributed by atoms with van der Waals surface area (Å²) in [6.45, 7) is 2.82. The maximum atomic E-state index is 12.8. The Morgan fingerprint density at radius 2 is 1.76 bits per heavy atom. The highest BCUT2D eigenvalue weighted by Gasteiger charge is 2.31. The first kappa shape index (κ1) is 18.4. The highest BCUT2D eigenvalue weighted by molar-refractivity contribution is 7.89. The molecule has 0 spiro atoms. The normalized spacial score (nSPS) is 21.2. The molecule has 1 heterocycles. The summed E-state index contributed by atoms with van der Waals surface area (Å²) in [5.74, 6) is 0.322. The third-order valence-electron chi connectivity index (χ3n) is 5.40. The van der Waals surface area contributed by atoms with Crippen LogP contribution in [0.15, 0.2) is 29.2 Å². The van der Waals surface area contributed by atoms with Gasteiger partial charge in [0.25, 0.3) is 0 Å². The van der Waals surface area contributed by atoms with Crippen LogP contribution in [0.4, 0.5) is 0 Å². The number of amides is 1. The molecule has 1 saturated heterocycles. The Labute approximate surface area is 150 Å². The minimum absolute atomic E-state index is 0.0957. The molecule has 0 unspecified atom stereocenters. The van der Waals surface area contributed by atoms with Crippen molar-refractivity contribution < 1.29 is 13.2 Å². The van der Waals surface area contributed by atoms with Gasteiger partial charge in [-0.1, -0.05) is 31.4 Å². The molecule has 1 aliphatic carbocycles. The largest absolute Gasteiger partial charge is 0.353 e. The Kier molecular flexibility index (Phi) is 5.79. The van der Waals surface area contributed by atoms with E-state index in [-0.39, 0.29) is 17.9 Å². The second-order valence-electron chi connectivity index (χ2n) is 7.34. The first-order valence-electron chi connectivity index (χ1n) is 9.34. The Morgan fingerprint density at radius 3 is 2.40 bits per heavy atom. The summed E-state index contributed by atoms with van der Waals surface area (Å²) in [6, 6.07) is 7.13. The van der Waals surface area contributed by atoms with Gasteiger partial charge in [0, 0.05) is 25.0 Å². The average Bonchev–Trinajstić information content (AvgIpc) is 2.63. The zero-order chi connectivity index (χ0) is 17.9. The number of carbonyl (C=O) groups is 1. The van der Waals surface area contributed by atoms with Crippen LogP contribution in [-0.4, -0.2) is 37.8 Å². The third-order valence-corrected chi connectivity index (χ3v) is 7.30. The lowest BCUT2D eigenvalue weighted by Crippen LogP contribution is -2.48. The summed E-state index contributed by atoms with van der Waals surface area (Å²) >= 11 is 0. The van der Waals surface area contributed by atoms with Crippen LogP contribution < -0.4 is 5.32 Å². The number of hydrogen-bond donors (Lipinski definition) is 1. The molecule has 0 atom stereocenters. The van der Waals surface area contributed by atoms with E-state index in [1.165, 1.54) is 6.42 Å². The first-order valence-corrected chi connectivity index (χ1v) is 10.8. The molecule has 3 rings (SSSR count). The van der Waals surface area contributed by atoms with Crippen molar-refractivity contribution >= 4 is 15.9 Å². The lowest BCUT2D eigenvalue weighted by molar-refractivity contribution is -0.126. The van der Waals surface area contributed by atoms with Gasteiger partial charge in [0.05, 0.1) is 4.90 Å². The Balaban J connectivity index is 1.55. The zero-order valence-corrected chi connectivity index (χ0v) is 15.7. The van der Waals surface area contributed by atoms with Crippen molar-refractivity contribution in [2.24, 2.45) is 5.92 Å². The number of sulfonamides is 1. The van der Waals surface area contributed by atoms with E-state index in [0.717, 1.165) is 31.2 Å². The Morgan fingerprint density at radius 1 is 1.08 bits per heavy atom.